The van der Waals surface area contributed by atoms with Crippen LogP contribution in [0.25, 0.3) is 0 Å². The second-order valence-electron chi connectivity index (χ2n) is 5.01. The number of carbonyl (C=O) groups excluding carboxylic acids is 1. The van der Waals surface area contributed by atoms with Crippen LogP contribution < -0.4 is 5.73 Å². The Bertz CT molecular complexity index is 481. The van der Waals surface area contributed by atoms with Crippen molar-refractivity contribution >= 4 is 11.6 Å². The van der Waals surface area contributed by atoms with Crippen molar-refractivity contribution in [1.82, 2.24) is 4.90 Å². The standard InChI is InChI=1S/C14H18F2N2O2/c15-11-7-9(8-12(16)13(11)17)14(20)18(5-2-6-19)10-3-1-4-10/h7-8,10,19H,1-6,17H2. The largest absolute Gasteiger partial charge is 0.396 e. The molecule has 20 heavy (non-hydrogen) atoms. The van der Waals surface area contributed by atoms with E-state index in [2.05, 4.69) is 0 Å². The average Bonchev–Trinajstić information content (AvgIpc) is 2.37. The highest BCUT2D eigenvalue weighted by Crippen LogP contribution is 2.27. The van der Waals surface area contributed by atoms with Crippen LogP contribution in [0.1, 0.15) is 36.0 Å². The molecule has 0 aromatic heterocycles. The molecule has 1 saturated carbocycles. The number of hydrogen-bond acceptors (Lipinski definition) is 3. The van der Waals surface area contributed by atoms with Gasteiger partial charge in [-0.1, -0.05) is 0 Å². The minimum atomic E-state index is -0.927. The lowest BCUT2D eigenvalue weighted by Gasteiger charge is -2.37. The Morgan fingerprint density at radius 1 is 1.35 bits per heavy atom. The molecule has 1 amide bonds. The van der Waals surface area contributed by atoms with E-state index in [-0.39, 0.29) is 18.2 Å². The van der Waals surface area contributed by atoms with Crippen LogP contribution in [0.5, 0.6) is 0 Å². The van der Waals surface area contributed by atoms with Crippen molar-refractivity contribution in [2.24, 2.45) is 0 Å². The van der Waals surface area contributed by atoms with Crippen LogP contribution in [0.3, 0.4) is 0 Å². The summed E-state index contributed by atoms with van der Waals surface area (Å²) in [6, 6.07) is 2.02. The fourth-order valence-corrected chi connectivity index (χ4v) is 2.26. The molecule has 2 rings (SSSR count). The molecule has 0 aliphatic heterocycles. The molecule has 1 fully saturated rings. The maximum absolute atomic E-state index is 13.4. The fourth-order valence-electron chi connectivity index (χ4n) is 2.26. The van der Waals surface area contributed by atoms with Gasteiger partial charge in [-0.15, -0.1) is 0 Å². The smallest absolute Gasteiger partial charge is 0.254 e. The van der Waals surface area contributed by atoms with Gasteiger partial charge in [0.1, 0.15) is 17.3 Å². The summed E-state index contributed by atoms with van der Waals surface area (Å²) in [7, 11) is 0. The molecule has 0 heterocycles. The second-order valence-corrected chi connectivity index (χ2v) is 5.01. The zero-order chi connectivity index (χ0) is 14.7. The van der Waals surface area contributed by atoms with Crippen LogP contribution in [-0.4, -0.2) is 35.1 Å². The first-order valence-corrected chi connectivity index (χ1v) is 6.71. The van der Waals surface area contributed by atoms with E-state index in [0.717, 1.165) is 31.4 Å². The highest BCUT2D eigenvalue weighted by Gasteiger charge is 2.29. The molecule has 1 aliphatic rings. The molecular weight excluding hydrogens is 266 g/mol. The maximum Gasteiger partial charge on any atom is 0.254 e. The number of nitrogen functional groups attached to an aromatic ring is 1. The second kappa shape index (κ2) is 6.17. The van der Waals surface area contributed by atoms with Crippen LogP contribution >= 0.6 is 0 Å². The van der Waals surface area contributed by atoms with Gasteiger partial charge in [-0.3, -0.25) is 4.79 Å². The number of nitrogens with zero attached hydrogens (tertiary/aromatic N) is 1. The van der Waals surface area contributed by atoms with Crippen molar-refractivity contribution in [2.75, 3.05) is 18.9 Å². The van der Waals surface area contributed by atoms with Gasteiger partial charge in [0.05, 0.1) is 0 Å². The van der Waals surface area contributed by atoms with Gasteiger partial charge in [0.15, 0.2) is 0 Å². The van der Waals surface area contributed by atoms with Crippen molar-refractivity contribution in [3.05, 3.63) is 29.3 Å². The number of aliphatic hydroxyl groups is 1. The van der Waals surface area contributed by atoms with Gasteiger partial charge in [0.2, 0.25) is 0 Å². The number of hydrogen-bond donors (Lipinski definition) is 2. The molecule has 1 aromatic carbocycles. The lowest BCUT2D eigenvalue weighted by molar-refractivity contribution is 0.0561. The number of anilines is 1. The van der Waals surface area contributed by atoms with Gasteiger partial charge in [-0.2, -0.15) is 0 Å². The zero-order valence-electron chi connectivity index (χ0n) is 11.1. The van der Waals surface area contributed by atoms with Crippen LogP contribution in [0, 0.1) is 11.6 Å². The van der Waals surface area contributed by atoms with Crippen LogP contribution in [0.15, 0.2) is 12.1 Å². The quantitative estimate of drug-likeness (QED) is 0.812. The maximum atomic E-state index is 13.4. The van der Waals surface area contributed by atoms with Crippen LogP contribution in [0.4, 0.5) is 14.5 Å². The first-order chi connectivity index (χ1) is 9.54. The summed E-state index contributed by atoms with van der Waals surface area (Å²) in [6.07, 6.45) is 3.26. The van der Waals surface area contributed by atoms with Gasteiger partial charge in [0, 0.05) is 24.8 Å². The van der Waals surface area contributed by atoms with E-state index in [0.29, 0.717) is 13.0 Å². The van der Waals surface area contributed by atoms with Gasteiger partial charge in [-0.05, 0) is 37.8 Å². The third-order valence-corrected chi connectivity index (χ3v) is 3.66. The first kappa shape index (κ1) is 14.7. The number of halogens is 2. The SMILES string of the molecule is Nc1c(F)cc(C(=O)N(CCCO)C2CCC2)cc1F. The van der Waals surface area contributed by atoms with Crippen molar-refractivity contribution in [3.63, 3.8) is 0 Å². The number of nitrogens with two attached hydrogens (primary N) is 1. The van der Waals surface area contributed by atoms with Crippen molar-refractivity contribution in [1.29, 1.82) is 0 Å². The fraction of sp³-hybridized carbons (Fsp3) is 0.500. The molecule has 110 valence electrons. The molecule has 0 unspecified atom stereocenters. The summed E-state index contributed by atoms with van der Waals surface area (Å²) < 4.78 is 26.9. The monoisotopic (exact) mass is 284 g/mol. The van der Waals surface area contributed by atoms with E-state index in [9.17, 15) is 13.6 Å². The van der Waals surface area contributed by atoms with Gasteiger partial charge >= 0.3 is 0 Å². The van der Waals surface area contributed by atoms with E-state index in [1.54, 1.807) is 4.90 Å². The van der Waals surface area contributed by atoms with E-state index in [4.69, 9.17) is 10.8 Å². The molecule has 3 N–H and O–H groups in total. The van der Waals surface area contributed by atoms with Crippen molar-refractivity contribution < 1.29 is 18.7 Å². The Kier molecular flexibility index (Phi) is 4.54. The third kappa shape index (κ3) is 2.90. The minimum absolute atomic E-state index is 0.0268. The van der Waals surface area contributed by atoms with Crippen LogP contribution in [0.2, 0.25) is 0 Å². The molecule has 0 radical (unpaired) electrons. The Balaban J connectivity index is 2.22. The molecule has 1 aromatic rings. The summed E-state index contributed by atoms with van der Waals surface area (Å²) in [4.78, 5) is 14.0. The highest BCUT2D eigenvalue weighted by molar-refractivity contribution is 5.95. The highest BCUT2D eigenvalue weighted by atomic mass is 19.1. The van der Waals surface area contributed by atoms with E-state index < -0.39 is 23.2 Å². The Hall–Kier alpha value is -1.69. The Morgan fingerprint density at radius 3 is 2.40 bits per heavy atom. The summed E-state index contributed by atoms with van der Waals surface area (Å²) in [6.45, 7) is 0.356. The zero-order valence-corrected chi connectivity index (χ0v) is 11.1. The lowest BCUT2D eigenvalue weighted by atomic mass is 9.90. The molecule has 0 bridgehead atoms. The molecular formula is C14H18F2N2O2. The number of carbonyl (C=O) groups is 1. The number of aliphatic hydroxyl groups excluding tert-OH is 1. The number of amides is 1. The molecule has 0 saturated heterocycles. The normalized spacial score (nSPS) is 14.9. The summed E-state index contributed by atoms with van der Waals surface area (Å²) in [5.41, 5.74) is 4.58. The van der Waals surface area contributed by atoms with E-state index in [1.165, 1.54) is 0 Å². The predicted octanol–water partition coefficient (Wildman–Crippen LogP) is 1.92. The summed E-state index contributed by atoms with van der Waals surface area (Å²) in [5, 5.41) is 8.89. The molecule has 6 heteroatoms. The Morgan fingerprint density at radius 2 is 1.95 bits per heavy atom. The Labute approximate surface area is 116 Å². The van der Waals surface area contributed by atoms with E-state index in [1.807, 2.05) is 0 Å². The number of rotatable bonds is 5. The van der Waals surface area contributed by atoms with Gasteiger partial charge < -0.3 is 15.7 Å². The van der Waals surface area contributed by atoms with Crippen LogP contribution in [-0.2, 0) is 0 Å². The topological polar surface area (TPSA) is 66.6 Å². The third-order valence-electron chi connectivity index (χ3n) is 3.66. The number of benzene rings is 1. The first-order valence-electron chi connectivity index (χ1n) is 6.71. The summed E-state index contributed by atoms with van der Waals surface area (Å²) in [5.74, 6) is -2.27. The average molecular weight is 284 g/mol. The summed E-state index contributed by atoms with van der Waals surface area (Å²) >= 11 is 0. The lowest BCUT2D eigenvalue weighted by Crippen LogP contribution is -2.45. The van der Waals surface area contributed by atoms with E-state index >= 15 is 0 Å². The predicted molar refractivity (Wildman–Crippen MR) is 71.1 cm³/mol. The van der Waals surface area contributed by atoms with Gasteiger partial charge in [0.25, 0.3) is 5.91 Å². The van der Waals surface area contributed by atoms with Gasteiger partial charge in [-0.25, -0.2) is 8.78 Å². The molecule has 1 aliphatic carbocycles. The van der Waals surface area contributed by atoms with Crippen molar-refractivity contribution in [3.8, 4) is 0 Å². The minimum Gasteiger partial charge on any atom is -0.396 e. The molecule has 4 nitrogen and oxygen atoms in total. The van der Waals surface area contributed by atoms with Crippen molar-refractivity contribution in [2.45, 2.75) is 31.7 Å². The molecule has 0 atom stereocenters. The molecule has 0 spiro atoms.